The van der Waals surface area contributed by atoms with E-state index >= 15 is 0 Å². The number of piperazine rings is 1. The van der Waals surface area contributed by atoms with Crippen molar-refractivity contribution in [3.63, 3.8) is 0 Å². The van der Waals surface area contributed by atoms with Crippen molar-refractivity contribution >= 4 is 52.1 Å². The van der Waals surface area contributed by atoms with E-state index in [2.05, 4.69) is 15.5 Å². The quantitative estimate of drug-likeness (QED) is 0.286. The van der Waals surface area contributed by atoms with Gasteiger partial charge in [-0.3, -0.25) is 14.9 Å². The number of nitrogens with zero attached hydrogens (tertiary/aromatic N) is 2. The summed E-state index contributed by atoms with van der Waals surface area (Å²) in [6.07, 6.45) is 0. The van der Waals surface area contributed by atoms with Crippen LogP contribution in [0, 0.1) is 0 Å². The lowest BCUT2D eigenvalue weighted by molar-refractivity contribution is 0.0746. The first-order chi connectivity index (χ1) is 20.3. The molecule has 3 aromatic carbocycles. The maximum Gasteiger partial charge on any atom is 0.257 e. The lowest BCUT2D eigenvalue weighted by Crippen LogP contribution is -2.48. The number of ether oxygens (including phenoxy) is 3. The van der Waals surface area contributed by atoms with Gasteiger partial charge in [0.05, 0.1) is 30.5 Å². The molecule has 222 valence electrons. The minimum absolute atomic E-state index is 0.0323. The topological polar surface area (TPSA) is 92.4 Å². The van der Waals surface area contributed by atoms with Gasteiger partial charge in [0.1, 0.15) is 0 Å². The van der Waals surface area contributed by atoms with E-state index in [1.807, 2.05) is 68.1 Å². The van der Waals surface area contributed by atoms with Gasteiger partial charge in [-0.1, -0.05) is 29.8 Å². The van der Waals surface area contributed by atoms with Crippen LogP contribution in [0.4, 0.5) is 11.4 Å². The van der Waals surface area contributed by atoms with Crippen molar-refractivity contribution in [3.05, 3.63) is 76.8 Å². The Bertz CT molecular complexity index is 1390. The third-order valence-corrected chi connectivity index (χ3v) is 7.04. The molecule has 1 saturated heterocycles. The molecule has 1 fully saturated rings. The Morgan fingerprint density at radius 1 is 0.833 bits per heavy atom. The molecule has 2 N–H and O–H groups in total. The molecule has 11 heteroatoms. The first-order valence-corrected chi connectivity index (χ1v) is 14.7. The van der Waals surface area contributed by atoms with Gasteiger partial charge in [0.15, 0.2) is 16.6 Å². The maximum absolute atomic E-state index is 13.1. The van der Waals surface area contributed by atoms with E-state index in [0.29, 0.717) is 85.1 Å². The second-order valence-corrected chi connectivity index (χ2v) is 10.1. The minimum Gasteiger partial charge on any atom is -0.490 e. The summed E-state index contributed by atoms with van der Waals surface area (Å²) in [5, 5.41) is 6.37. The summed E-state index contributed by atoms with van der Waals surface area (Å²) >= 11 is 12.1. The number of carbonyl (C=O) groups is 2. The van der Waals surface area contributed by atoms with Crippen molar-refractivity contribution in [1.82, 2.24) is 10.2 Å². The SMILES string of the molecule is CCOc1cc(C(=O)NC(=S)Nc2ccc(N3CCN(C(=O)c4ccccc4)CC3)c(Cl)c2)cc(OCC)c1OCC. The maximum atomic E-state index is 13.1. The summed E-state index contributed by atoms with van der Waals surface area (Å²) in [7, 11) is 0. The lowest BCUT2D eigenvalue weighted by atomic mass is 10.1. The molecule has 0 radical (unpaired) electrons. The van der Waals surface area contributed by atoms with Crippen molar-refractivity contribution in [2.75, 3.05) is 56.2 Å². The fourth-order valence-corrected chi connectivity index (χ4v) is 5.12. The Balaban J connectivity index is 1.37. The van der Waals surface area contributed by atoms with Gasteiger partial charge >= 0.3 is 0 Å². The molecule has 9 nitrogen and oxygen atoms in total. The predicted molar refractivity (Wildman–Crippen MR) is 170 cm³/mol. The second-order valence-electron chi connectivity index (χ2n) is 9.32. The first kappa shape index (κ1) is 30.9. The van der Waals surface area contributed by atoms with Crippen LogP contribution >= 0.6 is 23.8 Å². The Morgan fingerprint density at radius 2 is 1.45 bits per heavy atom. The van der Waals surface area contributed by atoms with E-state index in [0.717, 1.165) is 5.69 Å². The van der Waals surface area contributed by atoms with Gasteiger partial charge in [0.2, 0.25) is 5.75 Å². The van der Waals surface area contributed by atoms with Gasteiger partial charge in [-0.25, -0.2) is 0 Å². The zero-order valence-corrected chi connectivity index (χ0v) is 25.5. The zero-order valence-electron chi connectivity index (χ0n) is 23.9. The van der Waals surface area contributed by atoms with Crippen LogP contribution < -0.4 is 29.7 Å². The number of benzene rings is 3. The number of thiocarbonyl (C=S) groups is 1. The fourth-order valence-electron chi connectivity index (χ4n) is 4.61. The highest BCUT2D eigenvalue weighted by Gasteiger charge is 2.24. The summed E-state index contributed by atoms with van der Waals surface area (Å²) in [6, 6.07) is 18.0. The van der Waals surface area contributed by atoms with E-state index in [1.54, 1.807) is 18.2 Å². The van der Waals surface area contributed by atoms with Gasteiger partial charge in [0.25, 0.3) is 11.8 Å². The van der Waals surface area contributed by atoms with Gasteiger partial charge in [-0.2, -0.15) is 0 Å². The molecule has 42 heavy (non-hydrogen) atoms. The van der Waals surface area contributed by atoms with Crippen molar-refractivity contribution in [2.24, 2.45) is 0 Å². The summed E-state index contributed by atoms with van der Waals surface area (Å²) < 4.78 is 17.1. The monoisotopic (exact) mass is 610 g/mol. The Morgan fingerprint density at radius 3 is 2.02 bits per heavy atom. The van der Waals surface area contributed by atoms with Crippen LogP contribution in [-0.4, -0.2) is 67.8 Å². The normalized spacial score (nSPS) is 12.9. The Labute approximate surface area is 256 Å². The molecule has 3 aromatic rings. The minimum atomic E-state index is -0.428. The summed E-state index contributed by atoms with van der Waals surface area (Å²) in [5.41, 5.74) is 2.50. The summed E-state index contributed by atoms with van der Waals surface area (Å²) in [5.74, 6) is 0.898. The molecule has 0 aromatic heterocycles. The van der Waals surface area contributed by atoms with E-state index in [9.17, 15) is 9.59 Å². The van der Waals surface area contributed by atoms with E-state index in [-0.39, 0.29) is 11.0 Å². The van der Waals surface area contributed by atoms with E-state index in [4.69, 9.17) is 38.0 Å². The summed E-state index contributed by atoms with van der Waals surface area (Å²) in [6.45, 7) is 9.31. The van der Waals surface area contributed by atoms with Crippen LogP contribution in [-0.2, 0) is 0 Å². The van der Waals surface area contributed by atoms with E-state index in [1.165, 1.54) is 0 Å². The van der Waals surface area contributed by atoms with Crippen molar-refractivity contribution < 1.29 is 23.8 Å². The molecular weight excluding hydrogens is 576 g/mol. The number of anilines is 2. The van der Waals surface area contributed by atoms with Gasteiger partial charge in [-0.15, -0.1) is 0 Å². The number of amides is 2. The van der Waals surface area contributed by atoms with Crippen LogP contribution in [0.3, 0.4) is 0 Å². The number of hydrogen-bond acceptors (Lipinski definition) is 7. The molecule has 0 spiro atoms. The molecule has 0 bridgehead atoms. The third-order valence-electron chi connectivity index (χ3n) is 6.53. The van der Waals surface area contributed by atoms with Gasteiger partial charge < -0.3 is 29.3 Å². The van der Waals surface area contributed by atoms with Crippen LogP contribution in [0.2, 0.25) is 5.02 Å². The third kappa shape index (κ3) is 7.63. The second kappa shape index (κ2) is 14.7. The molecule has 1 heterocycles. The van der Waals surface area contributed by atoms with Gasteiger partial charge in [0, 0.05) is 43.0 Å². The number of hydrogen-bond donors (Lipinski definition) is 2. The summed E-state index contributed by atoms with van der Waals surface area (Å²) in [4.78, 5) is 29.8. The Kier molecular flexibility index (Phi) is 10.9. The predicted octanol–water partition coefficient (Wildman–Crippen LogP) is 5.63. The number of nitrogens with one attached hydrogen (secondary N) is 2. The molecule has 0 unspecified atom stereocenters. The molecule has 0 atom stereocenters. The van der Waals surface area contributed by atoms with Crippen LogP contribution in [0.15, 0.2) is 60.7 Å². The standard InChI is InChI=1S/C31H35ClN4O5S/c1-4-39-26-18-22(19-27(40-5-2)28(26)41-6-3)29(37)34-31(42)33-23-12-13-25(24(32)20-23)35-14-16-36(17-15-35)30(38)21-10-8-7-9-11-21/h7-13,18-20H,4-6,14-17H2,1-3H3,(H2,33,34,37,42). The van der Waals surface area contributed by atoms with Gasteiger partial charge in [-0.05, 0) is 75.5 Å². The van der Waals surface area contributed by atoms with Crippen LogP contribution in [0.25, 0.3) is 0 Å². The number of halogens is 1. The van der Waals surface area contributed by atoms with Crippen molar-refractivity contribution in [1.29, 1.82) is 0 Å². The Hall–Kier alpha value is -4.02. The van der Waals surface area contributed by atoms with Crippen molar-refractivity contribution in [2.45, 2.75) is 20.8 Å². The largest absolute Gasteiger partial charge is 0.490 e. The average Bonchev–Trinajstić information content (AvgIpc) is 2.99. The molecule has 1 aliphatic rings. The molecule has 1 aliphatic heterocycles. The first-order valence-electron chi connectivity index (χ1n) is 13.9. The molecule has 2 amide bonds. The highest BCUT2D eigenvalue weighted by molar-refractivity contribution is 7.80. The highest BCUT2D eigenvalue weighted by atomic mass is 35.5. The smallest absolute Gasteiger partial charge is 0.257 e. The highest BCUT2D eigenvalue weighted by Crippen LogP contribution is 2.39. The number of rotatable bonds is 10. The zero-order chi connectivity index (χ0) is 30.1. The van der Waals surface area contributed by atoms with E-state index < -0.39 is 5.91 Å². The lowest BCUT2D eigenvalue weighted by Gasteiger charge is -2.36. The fraction of sp³-hybridized carbons (Fsp3) is 0.323. The average molecular weight is 611 g/mol. The molecular formula is C31H35ClN4O5S. The number of carbonyl (C=O) groups excluding carboxylic acids is 2. The van der Waals surface area contributed by atoms with Crippen LogP contribution in [0.1, 0.15) is 41.5 Å². The molecule has 4 rings (SSSR count). The van der Waals surface area contributed by atoms with Crippen LogP contribution in [0.5, 0.6) is 17.2 Å². The molecule has 0 aliphatic carbocycles. The van der Waals surface area contributed by atoms with Crippen molar-refractivity contribution in [3.8, 4) is 17.2 Å². The molecule has 0 saturated carbocycles.